The van der Waals surface area contributed by atoms with Gasteiger partial charge in [0.1, 0.15) is 0 Å². The Morgan fingerprint density at radius 1 is 1.53 bits per heavy atom. The summed E-state index contributed by atoms with van der Waals surface area (Å²) in [6.45, 7) is 8.32. The van der Waals surface area contributed by atoms with Crippen LogP contribution in [-0.2, 0) is 9.53 Å². The van der Waals surface area contributed by atoms with Crippen LogP contribution >= 0.6 is 0 Å². The van der Waals surface area contributed by atoms with Crippen LogP contribution in [0.4, 0.5) is 0 Å². The topological polar surface area (TPSA) is 46.5 Å². The maximum atomic E-state index is 11.8. The Labute approximate surface area is 91.8 Å². The fraction of sp³-hybridized carbons (Fsp3) is 0.917. The van der Waals surface area contributed by atoms with Crippen molar-refractivity contribution in [2.45, 2.75) is 46.6 Å². The van der Waals surface area contributed by atoms with Crippen molar-refractivity contribution in [3.8, 4) is 0 Å². The first-order valence-corrected chi connectivity index (χ1v) is 5.75. The lowest BCUT2D eigenvalue weighted by Crippen LogP contribution is -2.46. The number of ether oxygens (including phenoxy) is 1. The summed E-state index contributed by atoms with van der Waals surface area (Å²) in [6.07, 6.45) is 1.29. The van der Waals surface area contributed by atoms with E-state index in [-0.39, 0.29) is 29.3 Å². The van der Waals surface area contributed by atoms with Crippen LogP contribution in [0.1, 0.15) is 40.5 Å². The molecule has 0 radical (unpaired) electrons. The van der Waals surface area contributed by atoms with E-state index < -0.39 is 0 Å². The molecular formula is C12H22O3. The minimum atomic E-state index is -0.368. The normalized spacial score (nSPS) is 34.9. The molecule has 0 amide bonds. The Bertz CT molecular complexity index is 235. The van der Waals surface area contributed by atoms with Gasteiger partial charge in [-0.3, -0.25) is 4.79 Å². The quantitative estimate of drug-likeness (QED) is 0.715. The third-order valence-corrected chi connectivity index (χ3v) is 3.60. The number of aliphatic hydroxyl groups excluding tert-OH is 1. The number of carbonyl (C=O) groups excluding carboxylic acids is 1. The standard InChI is InChI=1S/C12H22O3/c1-5-15-11(14)10-8(2)9(13)6-7-12(10,3)4/h8-10,13H,5-7H2,1-4H3. The maximum absolute atomic E-state index is 11.8. The van der Waals surface area contributed by atoms with E-state index >= 15 is 0 Å². The van der Waals surface area contributed by atoms with E-state index in [4.69, 9.17) is 4.74 Å². The molecular weight excluding hydrogens is 192 g/mol. The average molecular weight is 214 g/mol. The van der Waals surface area contributed by atoms with Crippen molar-refractivity contribution in [2.24, 2.45) is 17.3 Å². The molecule has 0 aliphatic heterocycles. The zero-order valence-corrected chi connectivity index (χ0v) is 10.1. The van der Waals surface area contributed by atoms with E-state index in [0.29, 0.717) is 6.61 Å². The van der Waals surface area contributed by atoms with Crippen molar-refractivity contribution >= 4 is 5.97 Å². The average Bonchev–Trinajstić information content (AvgIpc) is 2.12. The van der Waals surface area contributed by atoms with Crippen LogP contribution in [0, 0.1) is 17.3 Å². The molecule has 0 spiro atoms. The van der Waals surface area contributed by atoms with Crippen LogP contribution in [0.3, 0.4) is 0 Å². The van der Waals surface area contributed by atoms with Gasteiger partial charge in [0, 0.05) is 0 Å². The summed E-state index contributed by atoms with van der Waals surface area (Å²) in [5.74, 6) is -0.345. The molecule has 3 unspecified atom stereocenters. The first-order valence-electron chi connectivity index (χ1n) is 5.75. The Morgan fingerprint density at radius 3 is 2.67 bits per heavy atom. The molecule has 1 rings (SSSR count). The number of carbonyl (C=O) groups is 1. The summed E-state index contributed by atoms with van der Waals surface area (Å²) in [6, 6.07) is 0. The number of hydrogen-bond acceptors (Lipinski definition) is 3. The minimum absolute atomic E-state index is 0.00667. The van der Waals surface area contributed by atoms with Gasteiger partial charge in [-0.05, 0) is 31.1 Å². The molecule has 3 heteroatoms. The second-order valence-corrected chi connectivity index (χ2v) is 5.18. The van der Waals surface area contributed by atoms with Crippen LogP contribution < -0.4 is 0 Å². The fourth-order valence-corrected chi connectivity index (χ4v) is 2.64. The van der Waals surface area contributed by atoms with Gasteiger partial charge in [0.25, 0.3) is 0 Å². The summed E-state index contributed by atoms with van der Waals surface area (Å²) in [5.41, 5.74) is -0.0646. The van der Waals surface area contributed by atoms with Gasteiger partial charge in [0.15, 0.2) is 0 Å². The van der Waals surface area contributed by atoms with Gasteiger partial charge in [-0.2, -0.15) is 0 Å². The lowest BCUT2D eigenvalue weighted by atomic mass is 9.63. The van der Waals surface area contributed by atoms with Crippen LogP contribution in [0.2, 0.25) is 0 Å². The largest absolute Gasteiger partial charge is 0.466 e. The third kappa shape index (κ3) is 2.51. The summed E-state index contributed by atoms with van der Waals surface area (Å²) >= 11 is 0. The lowest BCUT2D eigenvalue weighted by molar-refractivity contribution is -0.161. The van der Waals surface area contributed by atoms with E-state index in [9.17, 15) is 9.90 Å². The molecule has 88 valence electrons. The molecule has 1 N–H and O–H groups in total. The smallest absolute Gasteiger partial charge is 0.309 e. The van der Waals surface area contributed by atoms with Crippen molar-refractivity contribution in [3.05, 3.63) is 0 Å². The SMILES string of the molecule is CCOC(=O)C1C(C)C(O)CCC1(C)C. The summed E-state index contributed by atoms with van der Waals surface area (Å²) in [4.78, 5) is 11.8. The highest BCUT2D eigenvalue weighted by Gasteiger charge is 2.46. The molecule has 0 aromatic heterocycles. The molecule has 0 bridgehead atoms. The monoisotopic (exact) mass is 214 g/mol. The zero-order valence-electron chi connectivity index (χ0n) is 10.1. The van der Waals surface area contributed by atoms with Crippen LogP contribution in [0.5, 0.6) is 0 Å². The summed E-state index contributed by atoms with van der Waals surface area (Å²) in [7, 11) is 0. The minimum Gasteiger partial charge on any atom is -0.466 e. The fourth-order valence-electron chi connectivity index (χ4n) is 2.64. The highest BCUT2D eigenvalue weighted by molar-refractivity contribution is 5.74. The van der Waals surface area contributed by atoms with E-state index in [2.05, 4.69) is 13.8 Å². The molecule has 1 aliphatic rings. The van der Waals surface area contributed by atoms with Crippen molar-refractivity contribution < 1.29 is 14.6 Å². The number of esters is 1. The van der Waals surface area contributed by atoms with Crippen molar-refractivity contribution in [2.75, 3.05) is 6.61 Å². The summed E-state index contributed by atoms with van der Waals surface area (Å²) in [5, 5.41) is 9.79. The molecule has 15 heavy (non-hydrogen) atoms. The van der Waals surface area contributed by atoms with Gasteiger partial charge >= 0.3 is 5.97 Å². The Hall–Kier alpha value is -0.570. The Balaban J connectivity index is 2.83. The van der Waals surface area contributed by atoms with Gasteiger partial charge in [-0.15, -0.1) is 0 Å². The molecule has 3 atom stereocenters. The van der Waals surface area contributed by atoms with Gasteiger partial charge in [0.05, 0.1) is 18.6 Å². The maximum Gasteiger partial charge on any atom is 0.309 e. The second kappa shape index (κ2) is 4.52. The molecule has 0 aromatic carbocycles. The Morgan fingerprint density at radius 2 is 2.13 bits per heavy atom. The zero-order chi connectivity index (χ0) is 11.6. The number of rotatable bonds is 2. The van der Waals surface area contributed by atoms with E-state index in [0.717, 1.165) is 12.8 Å². The predicted octanol–water partition coefficient (Wildman–Crippen LogP) is 1.98. The molecule has 0 saturated heterocycles. The van der Waals surface area contributed by atoms with E-state index in [1.807, 2.05) is 13.8 Å². The van der Waals surface area contributed by atoms with Gasteiger partial charge < -0.3 is 9.84 Å². The highest BCUT2D eigenvalue weighted by Crippen LogP contribution is 2.44. The van der Waals surface area contributed by atoms with E-state index in [1.165, 1.54) is 0 Å². The third-order valence-electron chi connectivity index (χ3n) is 3.60. The van der Waals surface area contributed by atoms with Crippen LogP contribution in [0.15, 0.2) is 0 Å². The first-order chi connectivity index (χ1) is 6.90. The molecule has 0 heterocycles. The second-order valence-electron chi connectivity index (χ2n) is 5.18. The first kappa shape index (κ1) is 12.5. The van der Waals surface area contributed by atoms with Gasteiger partial charge in [-0.25, -0.2) is 0 Å². The summed E-state index contributed by atoms with van der Waals surface area (Å²) < 4.78 is 5.09. The molecule has 3 nitrogen and oxygen atoms in total. The van der Waals surface area contributed by atoms with Crippen molar-refractivity contribution in [3.63, 3.8) is 0 Å². The van der Waals surface area contributed by atoms with E-state index in [1.54, 1.807) is 0 Å². The molecule has 1 aliphatic carbocycles. The highest BCUT2D eigenvalue weighted by atomic mass is 16.5. The van der Waals surface area contributed by atoms with Crippen LogP contribution in [-0.4, -0.2) is 23.8 Å². The Kier molecular flexibility index (Phi) is 3.77. The molecule has 0 aromatic rings. The lowest BCUT2D eigenvalue weighted by Gasteiger charge is -2.43. The molecule has 1 saturated carbocycles. The number of hydrogen-bond donors (Lipinski definition) is 1. The predicted molar refractivity (Wildman–Crippen MR) is 58.3 cm³/mol. The van der Waals surface area contributed by atoms with Gasteiger partial charge in [-0.1, -0.05) is 20.8 Å². The van der Waals surface area contributed by atoms with Crippen LogP contribution in [0.25, 0.3) is 0 Å². The van der Waals surface area contributed by atoms with Crippen molar-refractivity contribution in [1.82, 2.24) is 0 Å². The van der Waals surface area contributed by atoms with Crippen molar-refractivity contribution in [1.29, 1.82) is 0 Å². The van der Waals surface area contributed by atoms with Gasteiger partial charge in [0.2, 0.25) is 0 Å². The number of aliphatic hydroxyl groups is 1. The molecule has 1 fully saturated rings.